The Morgan fingerprint density at radius 3 is 2.56 bits per heavy atom. The van der Waals surface area contributed by atoms with E-state index in [1.54, 1.807) is 13.1 Å². The third-order valence-electron chi connectivity index (χ3n) is 4.47. The summed E-state index contributed by atoms with van der Waals surface area (Å²) in [5.74, 6) is 0.181. The lowest BCUT2D eigenvalue weighted by molar-refractivity contribution is -0.897. The number of nitrogens with zero attached hydrogens (tertiary/aromatic N) is 1. The Labute approximate surface area is 158 Å². The molecule has 6 nitrogen and oxygen atoms in total. The van der Waals surface area contributed by atoms with E-state index >= 15 is 0 Å². The Hall–Kier alpha value is -1.34. The normalized spacial score (nSPS) is 16.6. The molecule has 0 saturated carbocycles. The summed E-state index contributed by atoms with van der Waals surface area (Å²) < 4.78 is 0. The van der Waals surface area contributed by atoms with Crippen LogP contribution in [0.3, 0.4) is 0 Å². The molecular formula is C17H26Cl2N4O2+2. The Balaban J connectivity index is 1.79. The van der Waals surface area contributed by atoms with Gasteiger partial charge in [0, 0.05) is 17.6 Å². The number of carbonyl (C=O) groups excluding carboxylic acids is 2. The van der Waals surface area contributed by atoms with Gasteiger partial charge in [0.2, 0.25) is 0 Å². The molecule has 1 aromatic rings. The quantitative estimate of drug-likeness (QED) is 0.554. The summed E-state index contributed by atoms with van der Waals surface area (Å²) in [5.41, 5.74) is 0.983. The lowest BCUT2D eigenvalue weighted by atomic mass is 10.2. The number of nitrogens with one attached hydrogen (secondary N) is 3. The predicted octanol–water partition coefficient (Wildman–Crippen LogP) is -1.52. The fraction of sp³-hybridized carbons (Fsp3) is 0.529. The molecule has 0 aromatic heterocycles. The highest BCUT2D eigenvalue weighted by Gasteiger charge is 2.26. The van der Waals surface area contributed by atoms with Crippen LogP contribution in [0.1, 0.15) is 5.56 Å². The van der Waals surface area contributed by atoms with Crippen LogP contribution >= 0.6 is 23.2 Å². The molecule has 1 aliphatic heterocycles. The first-order valence-electron chi connectivity index (χ1n) is 8.46. The first kappa shape index (κ1) is 20.0. The van der Waals surface area contributed by atoms with E-state index in [9.17, 15) is 9.59 Å². The summed E-state index contributed by atoms with van der Waals surface area (Å²) in [6.45, 7) is 4.56. The average Bonchev–Trinajstić information content (AvgIpc) is 2.57. The zero-order chi connectivity index (χ0) is 18.4. The van der Waals surface area contributed by atoms with E-state index in [2.05, 4.69) is 5.32 Å². The molecule has 2 rings (SSSR count). The number of amides is 2. The van der Waals surface area contributed by atoms with E-state index in [0.717, 1.165) is 23.6 Å². The summed E-state index contributed by atoms with van der Waals surface area (Å²) in [4.78, 5) is 28.1. The largest absolute Gasteiger partial charge is 0.354 e. The molecule has 1 atom stereocenters. The lowest BCUT2D eigenvalue weighted by Crippen LogP contribution is -3.16. The van der Waals surface area contributed by atoms with E-state index in [1.165, 1.54) is 4.90 Å². The van der Waals surface area contributed by atoms with Crippen molar-refractivity contribution in [2.24, 2.45) is 0 Å². The molecule has 0 aliphatic carbocycles. The van der Waals surface area contributed by atoms with E-state index < -0.39 is 0 Å². The van der Waals surface area contributed by atoms with Crippen LogP contribution in [0, 0.1) is 0 Å². The maximum Gasteiger partial charge on any atom is 0.278 e. The van der Waals surface area contributed by atoms with Gasteiger partial charge < -0.3 is 20.0 Å². The van der Waals surface area contributed by atoms with Crippen LogP contribution in [0.2, 0.25) is 10.0 Å². The first-order valence-corrected chi connectivity index (χ1v) is 9.21. The molecule has 0 radical (unpaired) electrons. The number of hydrogen-bond acceptors (Lipinski definition) is 2. The summed E-state index contributed by atoms with van der Waals surface area (Å²) in [7, 11) is 3.63. The fourth-order valence-electron chi connectivity index (χ4n) is 2.99. The summed E-state index contributed by atoms with van der Waals surface area (Å²) >= 11 is 12.1. The molecule has 3 N–H and O–H groups in total. The van der Waals surface area contributed by atoms with Gasteiger partial charge in [-0.25, -0.2) is 0 Å². The number of quaternary nitrogens is 2. The molecule has 1 aromatic carbocycles. The van der Waals surface area contributed by atoms with Crippen molar-refractivity contribution in [3.63, 3.8) is 0 Å². The molecule has 0 spiro atoms. The smallest absolute Gasteiger partial charge is 0.278 e. The minimum atomic E-state index is 0.0406. The van der Waals surface area contributed by atoms with Crippen LogP contribution < -0.4 is 15.1 Å². The monoisotopic (exact) mass is 388 g/mol. The Morgan fingerprint density at radius 1 is 1.28 bits per heavy atom. The van der Waals surface area contributed by atoms with E-state index in [0.29, 0.717) is 42.8 Å². The van der Waals surface area contributed by atoms with Crippen LogP contribution in [0.25, 0.3) is 0 Å². The number of rotatable bonds is 6. The molecule has 1 unspecified atom stereocenters. The number of hydrogen-bond donors (Lipinski definition) is 3. The van der Waals surface area contributed by atoms with Crippen LogP contribution in [0.5, 0.6) is 0 Å². The maximum atomic E-state index is 12.5. The molecule has 138 valence electrons. The van der Waals surface area contributed by atoms with Gasteiger partial charge in [0.25, 0.3) is 11.8 Å². The lowest BCUT2D eigenvalue weighted by Gasteiger charge is -2.32. The second kappa shape index (κ2) is 9.38. The van der Waals surface area contributed by atoms with Crippen LogP contribution in [0.4, 0.5) is 0 Å². The van der Waals surface area contributed by atoms with Gasteiger partial charge in [0.05, 0.1) is 38.2 Å². The molecule has 25 heavy (non-hydrogen) atoms. The van der Waals surface area contributed by atoms with Gasteiger partial charge in [-0.2, -0.15) is 0 Å². The molecule has 1 fully saturated rings. The number of likely N-dealkylation sites (N-methyl/N-ethyl adjacent to an activating group) is 2. The first-order chi connectivity index (χ1) is 11.9. The van der Waals surface area contributed by atoms with E-state index in [-0.39, 0.29) is 11.8 Å². The van der Waals surface area contributed by atoms with Gasteiger partial charge in [-0.05, 0) is 12.1 Å². The van der Waals surface area contributed by atoms with Gasteiger partial charge in [-0.1, -0.05) is 29.3 Å². The zero-order valence-electron chi connectivity index (χ0n) is 14.7. The van der Waals surface area contributed by atoms with Crippen molar-refractivity contribution in [3.8, 4) is 0 Å². The van der Waals surface area contributed by atoms with Crippen LogP contribution in [0.15, 0.2) is 18.2 Å². The summed E-state index contributed by atoms with van der Waals surface area (Å²) in [6, 6.07) is 5.44. The summed E-state index contributed by atoms with van der Waals surface area (Å²) in [6.07, 6.45) is 0. The minimum absolute atomic E-state index is 0.0406. The zero-order valence-corrected chi connectivity index (χ0v) is 16.2. The molecule has 2 amide bonds. The fourth-order valence-corrected chi connectivity index (χ4v) is 3.46. The third-order valence-corrected chi connectivity index (χ3v) is 5.06. The average molecular weight is 389 g/mol. The highest BCUT2D eigenvalue weighted by Crippen LogP contribution is 2.20. The van der Waals surface area contributed by atoms with Crippen molar-refractivity contribution in [3.05, 3.63) is 33.8 Å². The maximum absolute atomic E-state index is 12.5. The molecular weight excluding hydrogens is 363 g/mol. The molecule has 1 heterocycles. The standard InChI is InChI=1S/C17H24Cl2N4O2/c1-20-16(24)11-22-5-7-23(8-6-22)17(25)12-21(2)10-13-3-4-14(18)9-15(13)19/h3-4,9H,5-8,10-12H2,1-2H3,(H,20,24)/p+2. The minimum Gasteiger partial charge on any atom is -0.354 e. The van der Waals surface area contributed by atoms with Crippen molar-refractivity contribution in [2.75, 3.05) is 53.4 Å². The van der Waals surface area contributed by atoms with Gasteiger partial charge in [-0.15, -0.1) is 0 Å². The predicted molar refractivity (Wildman–Crippen MR) is 98.1 cm³/mol. The Morgan fingerprint density at radius 2 is 1.96 bits per heavy atom. The summed E-state index contributed by atoms with van der Waals surface area (Å²) in [5, 5.41) is 3.88. The van der Waals surface area contributed by atoms with Crippen molar-refractivity contribution >= 4 is 35.0 Å². The van der Waals surface area contributed by atoms with Gasteiger partial charge in [0.1, 0.15) is 6.54 Å². The Bertz CT molecular complexity index is 619. The molecule has 1 saturated heterocycles. The number of halogens is 2. The second-order valence-corrected chi connectivity index (χ2v) is 7.37. The highest BCUT2D eigenvalue weighted by molar-refractivity contribution is 6.35. The number of piperazine rings is 1. The number of benzene rings is 1. The third kappa shape index (κ3) is 6.15. The van der Waals surface area contributed by atoms with Crippen LogP contribution in [-0.2, 0) is 16.1 Å². The van der Waals surface area contributed by atoms with Crippen molar-refractivity contribution in [2.45, 2.75) is 6.54 Å². The molecule has 8 heteroatoms. The van der Waals surface area contributed by atoms with Gasteiger partial charge in [0.15, 0.2) is 13.1 Å². The Kier molecular flexibility index (Phi) is 7.50. The van der Waals surface area contributed by atoms with Crippen molar-refractivity contribution in [1.82, 2.24) is 10.2 Å². The topological polar surface area (TPSA) is 58.3 Å². The number of carbonyl (C=O) groups is 2. The van der Waals surface area contributed by atoms with Gasteiger partial charge in [-0.3, -0.25) is 9.59 Å². The van der Waals surface area contributed by atoms with E-state index in [1.807, 2.05) is 24.1 Å². The van der Waals surface area contributed by atoms with Crippen molar-refractivity contribution in [1.29, 1.82) is 0 Å². The van der Waals surface area contributed by atoms with Crippen LogP contribution in [-0.4, -0.2) is 70.1 Å². The molecule has 1 aliphatic rings. The van der Waals surface area contributed by atoms with Gasteiger partial charge >= 0.3 is 0 Å². The highest BCUT2D eigenvalue weighted by atomic mass is 35.5. The SMILES string of the molecule is CNC(=O)C[NH+]1CCN(C(=O)C[NH+](C)Cc2ccc(Cl)cc2Cl)CC1. The molecule has 0 bridgehead atoms. The second-order valence-electron chi connectivity index (χ2n) is 6.53. The van der Waals surface area contributed by atoms with E-state index in [4.69, 9.17) is 23.2 Å². The van der Waals surface area contributed by atoms with Crippen molar-refractivity contribution < 1.29 is 19.4 Å².